The second-order valence-corrected chi connectivity index (χ2v) is 12.9. The van der Waals surface area contributed by atoms with E-state index in [9.17, 15) is 9.59 Å². The van der Waals surface area contributed by atoms with Gasteiger partial charge in [-0.3, -0.25) is 4.79 Å². The van der Waals surface area contributed by atoms with Crippen LogP contribution in [0.2, 0.25) is 0 Å². The first-order chi connectivity index (χ1) is 22.9. The predicted molar refractivity (Wildman–Crippen MR) is 182 cm³/mol. The fraction of sp³-hybridized carbons (Fsp3) is 0.351. The van der Waals surface area contributed by atoms with Crippen LogP contribution in [0.1, 0.15) is 63.3 Å². The molecule has 2 aliphatic rings. The molecule has 4 N–H and O–H groups in total. The molecule has 2 saturated heterocycles. The van der Waals surface area contributed by atoms with E-state index in [-0.39, 0.29) is 17.9 Å². The first-order valence-electron chi connectivity index (χ1n) is 16.5. The fourth-order valence-electron chi connectivity index (χ4n) is 6.86. The largest absolute Gasteiger partial charge is 0.453 e. The molecule has 0 radical (unpaired) electrons. The Morgan fingerprint density at radius 2 is 1.47 bits per heavy atom. The van der Waals surface area contributed by atoms with E-state index in [2.05, 4.69) is 91.2 Å². The molecule has 3 aromatic carbocycles. The summed E-state index contributed by atoms with van der Waals surface area (Å²) in [6.07, 6.45) is 7.16. The summed E-state index contributed by atoms with van der Waals surface area (Å²) in [4.78, 5) is 43.5. The molecular formula is C37H41N7O3. The van der Waals surface area contributed by atoms with Gasteiger partial charge < -0.3 is 30.2 Å². The highest BCUT2D eigenvalue weighted by molar-refractivity contribution is 5.90. The van der Waals surface area contributed by atoms with Gasteiger partial charge in [-0.2, -0.15) is 0 Å². The molecule has 4 heterocycles. The molecule has 0 bridgehead atoms. The molecule has 2 amide bonds. The van der Waals surface area contributed by atoms with Gasteiger partial charge in [0.15, 0.2) is 0 Å². The second kappa shape index (κ2) is 13.0. The van der Waals surface area contributed by atoms with Gasteiger partial charge in [0.2, 0.25) is 5.91 Å². The first kappa shape index (κ1) is 30.7. The predicted octanol–water partition coefficient (Wildman–Crippen LogP) is 6.76. The van der Waals surface area contributed by atoms with Crippen LogP contribution in [0, 0.1) is 5.92 Å². The lowest BCUT2D eigenvalue weighted by molar-refractivity contribution is -0.135. The highest BCUT2D eigenvalue weighted by Gasteiger charge is 2.37. The average Bonchev–Trinajstić information content (AvgIpc) is 3.93. The third kappa shape index (κ3) is 6.25. The molecule has 0 saturated carbocycles. The molecule has 0 spiro atoms. The van der Waals surface area contributed by atoms with Crippen LogP contribution in [0.5, 0.6) is 0 Å². The summed E-state index contributed by atoms with van der Waals surface area (Å²) in [5, 5.41) is 8.58. The van der Waals surface area contributed by atoms with E-state index in [0.29, 0.717) is 12.6 Å². The quantitative estimate of drug-likeness (QED) is 0.150. The van der Waals surface area contributed by atoms with Gasteiger partial charge in [-0.15, -0.1) is 0 Å². The van der Waals surface area contributed by atoms with Crippen LogP contribution in [0.15, 0.2) is 73.1 Å². The number of imidazole rings is 2. The van der Waals surface area contributed by atoms with Crippen LogP contribution in [-0.2, 0) is 9.53 Å². The molecule has 3 atom stereocenters. The molecule has 47 heavy (non-hydrogen) atoms. The van der Waals surface area contributed by atoms with Crippen molar-refractivity contribution in [1.29, 1.82) is 0 Å². The van der Waals surface area contributed by atoms with Crippen molar-refractivity contribution in [3.8, 4) is 33.6 Å². The lowest BCUT2D eigenvalue weighted by Gasteiger charge is -2.30. The van der Waals surface area contributed by atoms with Crippen molar-refractivity contribution >= 4 is 22.8 Å². The van der Waals surface area contributed by atoms with Gasteiger partial charge >= 0.3 is 6.09 Å². The minimum atomic E-state index is -0.661. The topological polar surface area (TPSA) is 128 Å². The zero-order valence-electron chi connectivity index (χ0n) is 27.0. The number of ether oxygens (including phenoxy) is 1. The van der Waals surface area contributed by atoms with Crippen molar-refractivity contribution in [2.75, 3.05) is 20.2 Å². The van der Waals surface area contributed by atoms with E-state index < -0.39 is 12.1 Å². The van der Waals surface area contributed by atoms with Gasteiger partial charge in [-0.25, -0.2) is 14.8 Å². The van der Waals surface area contributed by atoms with Crippen molar-refractivity contribution in [1.82, 2.24) is 35.5 Å². The Morgan fingerprint density at radius 3 is 2.17 bits per heavy atom. The summed E-state index contributed by atoms with van der Waals surface area (Å²) in [6, 6.07) is 21.1. The number of rotatable bonds is 8. The van der Waals surface area contributed by atoms with E-state index in [1.165, 1.54) is 24.3 Å². The molecule has 7 rings (SSSR count). The zero-order valence-corrected chi connectivity index (χ0v) is 27.0. The number of likely N-dealkylation sites (tertiary alicyclic amines) is 1. The SMILES string of the molecule is COC(=O)NC(C(=O)N1CCC[C@H]1c1ncc(-c2ccc(-c3ccc4cc(-c5cnc([C@@H]6CCCN6)[nH]5)ccc4c3)cc2)[nH]1)C(C)C. The van der Waals surface area contributed by atoms with Gasteiger partial charge in [-0.05, 0) is 77.7 Å². The van der Waals surface area contributed by atoms with Crippen molar-refractivity contribution in [2.24, 2.45) is 5.92 Å². The lowest BCUT2D eigenvalue weighted by atomic mass is 9.98. The molecule has 0 aliphatic carbocycles. The van der Waals surface area contributed by atoms with Crippen molar-refractivity contribution in [2.45, 2.75) is 57.7 Å². The number of nitrogens with zero attached hydrogens (tertiary/aromatic N) is 3. The van der Waals surface area contributed by atoms with Crippen LogP contribution >= 0.6 is 0 Å². The van der Waals surface area contributed by atoms with Crippen LogP contribution in [0.4, 0.5) is 4.79 Å². The summed E-state index contributed by atoms with van der Waals surface area (Å²) in [5.41, 5.74) is 6.38. The number of carbonyl (C=O) groups is 2. The molecule has 2 fully saturated rings. The highest BCUT2D eigenvalue weighted by atomic mass is 16.5. The van der Waals surface area contributed by atoms with Crippen LogP contribution in [0.3, 0.4) is 0 Å². The van der Waals surface area contributed by atoms with Gasteiger partial charge in [0.05, 0.1) is 43.0 Å². The Kier molecular flexibility index (Phi) is 8.51. The number of fused-ring (bicyclic) bond motifs is 1. The first-order valence-corrected chi connectivity index (χ1v) is 16.5. The van der Waals surface area contributed by atoms with E-state index in [1.807, 2.05) is 31.1 Å². The van der Waals surface area contributed by atoms with Crippen LogP contribution in [0.25, 0.3) is 44.4 Å². The molecule has 1 unspecified atom stereocenters. The van der Waals surface area contributed by atoms with Crippen LogP contribution in [-0.4, -0.2) is 63.1 Å². The Balaban J connectivity index is 1.05. The Labute approximate surface area is 274 Å². The monoisotopic (exact) mass is 631 g/mol. The Bertz CT molecular complexity index is 1890. The highest BCUT2D eigenvalue weighted by Crippen LogP contribution is 2.34. The maximum atomic E-state index is 13.5. The number of methoxy groups -OCH3 is 1. The molecule has 10 heteroatoms. The molecule has 5 aromatic rings. The van der Waals surface area contributed by atoms with Crippen LogP contribution < -0.4 is 10.6 Å². The fourth-order valence-corrected chi connectivity index (χ4v) is 6.86. The zero-order chi connectivity index (χ0) is 32.5. The van der Waals surface area contributed by atoms with Crippen molar-refractivity contribution in [3.05, 3.63) is 84.7 Å². The van der Waals surface area contributed by atoms with Crippen molar-refractivity contribution in [3.63, 3.8) is 0 Å². The van der Waals surface area contributed by atoms with Gasteiger partial charge in [0.25, 0.3) is 0 Å². The number of carbonyl (C=O) groups excluding carboxylic acids is 2. The summed E-state index contributed by atoms with van der Waals surface area (Å²) >= 11 is 0. The minimum absolute atomic E-state index is 0.0805. The Hall–Kier alpha value is -4.96. The van der Waals surface area contributed by atoms with E-state index in [4.69, 9.17) is 4.74 Å². The lowest BCUT2D eigenvalue weighted by Crippen LogP contribution is -2.51. The number of hydrogen-bond donors (Lipinski definition) is 4. The summed E-state index contributed by atoms with van der Waals surface area (Å²) in [6.45, 7) is 5.50. The molecule has 242 valence electrons. The number of amides is 2. The van der Waals surface area contributed by atoms with Gasteiger partial charge in [0.1, 0.15) is 17.7 Å². The number of aromatic nitrogens is 4. The Morgan fingerprint density at radius 1 is 0.830 bits per heavy atom. The molecule has 2 aliphatic heterocycles. The van der Waals surface area contributed by atoms with E-state index in [0.717, 1.165) is 71.1 Å². The molecular weight excluding hydrogens is 590 g/mol. The van der Waals surface area contributed by atoms with Gasteiger partial charge in [0, 0.05) is 12.1 Å². The van der Waals surface area contributed by atoms with Crippen molar-refractivity contribution < 1.29 is 14.3 Å². The number of alkyl carbamates (subject to hydrolysis) is 1. The number of hydrogen-bond acceptors (Lipinski definition) is 6. The summed E-state index contributed by atoms with van der Waals surface area (Å²) in [5.74, 6) is 1.58. The number of H-pyrrole nitrogens is 2. The minimum Gasteiger partial charge on any atom is -0.453 e. The summed E-state index contributed by atoms with van der Waals surface area (Å²) in [7, 11) is 1.30. The summed E-state index contributed by atoms with van der Waals surface area (Å²) < 4.78 is 4.75. The smallest absolute Gasteiger partial charge is 0.407 e. The normalized spacial score (nSPS) is 18.6. The maximum absolute atomic E-state index is 13.5. The van der Waals surface area contributed by atoms with E-state index in [1.54, 1.807) is 0 Å². The third-order valence-corrected chi connectivity index (χ3v) is 9.50. The second-order valence-electron chi connectivity index (χ2n) is 12.9. The molecule has 10 nitrogen and oxygen atoms in total. The number of aromatic amines is 2. The number of nitrogens with one attached hydrogen (secondary N) is 4. The number of benzene rings is 3. The average molecular weight is 632 g/mol. The van der Waals surface area contributed by atoms with E-state index >= 15 is 0 Å². The standard InChI is InChI=1S/C37H41N7O3/c1-22(2)33(43-37(46)47-3)36(45)44-17-5-7-32(44)35-40-20-30(42-35)24-10-8-23(9-11-24)25-12-13-27-19-28(15-14-26(27)18-25)31-21-39-34(41-31)29-6-4-16-38-29/h8-15,18-22,29,32-33,38H,4-7,16-17H2,1-3H3,(H,39,41)(H,40,42)(H,43,46)/t29-,32-,33?/m0/s1. The third-order valence-electron chi connectivity index (χ3n) is 9.50. The van der Waals surface area contributed by atoms with Gasteiger partial charge in [-0.1, -0.05) is 62.4 Å². The molecule has 2 aromatic heterocycles. The maximum Gasteiger partial charge on any atom is 0.407 e.